The van der Waals surface area contributed by atoms with E-state index in [2.05, 4.69) is 9.82 Å². The van der Waals surface area contributed by atoms with Crippen LogP contribution in [-0.2, 0) is 17.1 Å². The van der Waals surface area contributed by atoms with Crippen LogP contribution < -0.4 is 10.5 Å². The number of nitrogens with two attached hydrogens (primary N) is 1. The number of anilines is 2. The summed E-state index contributed by atoms with van der Waals surface area (Å²) in [4.78, 5) is 0.181. The van der Waals surface area contributed by atoms with Crippen LogP contribution in [0.3, 0.4) is 0 Å². The molecular formula is C13H18N4O2S. The highest BCUT2D eigenvalue weighted by Gasteiger charge is 2.21. The predicted molar refractivity (Wildman–Crippen MR) is 79.1 cm³/mol. The number of hydrogen-bond acceptors (Lipinski definition) is 4. The molecule has 0 atom stereocenters. The SMILES string of the molecule is Cc1ccc(N)cc1S(=O)(=O)Nc1c(C)nn(C)c1C. The van der Waals surface area contributed by atoms with Crippen LogP contribution in [0.1, 0.15) is 17.0 Å². The topological polar surface area (TPSA) is 90.0 Å². The number of aryl methyl sites for hydroxylation is 3. The fraction of sp³-hybridized carbons (Fsp3) is 0.308. The molecule has 0 saturated heterocycles. The van der Waals surface area contributed by atoms with Crippen molar-refractivity contribution < 1.29 is 8.42 Å². The minimum atomic E-state index is -3.68. The molecule has 2 aromatic rings. The zero-order valence-corrected chi connectivity index (χ0v) is 12.7. The second-order valence-electron chi connectivity index (χ2n) is 4.80. The van der Waals surface area contributed by atoms with E-state index in [1.54, 1.807) is 37.7 Å². The van der Waals surface area contributed by atoms with Crippen molar-refractivity contribution in [2.75, 3.05) is 10.5 Å². The number of nitrogens with zero attached hydrogens (tertiary/aromatic N) is 2. The van der Waals surface area contributed by atoms with E-state index < -0.39 is 10.0 Å². The van der Waals surface area contributed by atoms with Crippen molar-refractivity contribution in [3.8, 4) is 0 Å². The maximum Gasteiger partial charge on any atom is 0.262 e. The van der Waals surface area contributed by atoms with Crippen LogP contribution in [-0.4, -0.2) is 18.2 Å². The van der Waals surface area contributed by atoms with Crippen LogP contribution >= 0.6 is 0 Å². The second-order valence-corrected chi connectivity index (χ2v) is 6.45. The summed E-state index contributed by atoms with van der Waals surface area (Å²) in [6.07, 6.45) is 0. The molecule has 1 aromatic heterocycles. The number of sulfonamides is 1. The molecule has 1 aromatic carbocycles. The molecule has 20 heavy (non-hydrogen) atoms. The van der Waals surface area contributed by atoms with Gasteiger partial charge in [-0.1, -0.05) is 6.07 Å². The molecule has 0 bridgehead atoms. The minimum Gasteiger partial charge on any atom is -0.399 e. The van der Waals surface area contributed by atoms with Crippen molar-refractivity contribution in [2.45, 2.75) is 25.7 Å². The first-order chi connectivity index (χ1) is 9.22. The van der Waals surface area contributed by atoms with Gasteiger partial charge in [0, 0.05) is 12.7 Å². The van der Waals surface area contributed by atoms with Gasteiger partial charge in [0.2, 0.25) is 0 Å². The lowest BCUT2D eigenvalue weighted by Crippen LogP contribution is -2.15. The first-order valence-corrected chi connectivity index (χ1v) is 7.60. The lowest BCUT2D eigenvalue weighted by molar-refractivity contribution is 0.600. The van der Waals surface area contributed by atoms with Crippen molar-refractivity contribution in [2.24, 2.45) is 7.05 Å². The molecule has 6 nitrogen and oxygen atoms in total. The number of nitrogen functional groups attached to an aromatic ring is 1. The molecule has 0 aliphatic heterocycles. The Kier molecular flexibility index (Phi) is 3.47. The third-order valence-corrected chi connectivity index (χ3v) is 4.74. The Morgan fingerprint density at radius 3 is 2.45 bits per heavy atom. The van der Waals surface area contributed by atoms with Gasteiger partial charge >= 0.3 is 0 Å². The Morgan fingerprint density at radius 1 is 1.25 bits per heavy atom. The van der Waals surface area contributed by atoms with Gasteiger partial charge in [-0.2, -0.15) is 5.10 Å². The number of rotatable bonds is 3. The Morgan fingerprint density at radius 2 is 1.90 bits per heavy atom. The number of nitrogens with one attached hydrogen (secondary N) is 1. The van der Waals surface area contributed by atoms with E-state index in [1.165, 1.54) is 6.07 Å². The molecule has 0 radical (unpaired) electrons. The Balaban J connectivity index is 2.49. The maximum absolute atomic E-state index is 12.5. The molecule has 7 heteroatoms. The second kappa shape index (κ2) is 4.82. The summed E-state index contributed by atoms with van der Waals surface area (Å²) in [5, 5.41) is 4.19. The first-order valence-electron chi connectivity index (χ1n) is 6.11. The average molecular weight is 294 g/mol. The maximum atomic E-state index is 12.5. The molecule has 0 aliphatic rings. The van der Waals surface area contributed by atoms with Crippen LogP contribution in [0.2, 0.25) is 0 Å². The highest BCUT2D eigenvalue weighted by Crippen LogP contribution is 2.25. The fourth-order valence-electron chi connectivity index (χ4n) is 2.02. The number of aromatic nitrogens is 2. The largest absolute Gasteiger partial charge is 0.399 e. The van der Waals surface area contributed by atoms with Gasteiger partial charge < -0.3 is 5.73 Å². The normalized spacial score (nSPS) is 11.6. The molecule has 1 heterocycles. The van der Waals surface area contributed by atoms with Gasteiger partial charge in [0.25, 0.3) is 10.0 Å². The monoisotopic (exact) mass is 294 g/mol. The average Bonchev–Trinajstić information content (AvgIpc) is 2.59. The predicted octanol–water partition coefficient (Wildman–Crippen LogP) is 1.73. The summed E-state index contributed by atoms with van der Waals surface area (Å²) in [5.41, 5.74) is 8.63. The van der Waals surface area contributed by atoms with Gasteiger partial charge in [0.05, 0.1) is 22.0 Å². The molecule has 0 amide bonds. The molecule has 3 N–H and O–H groups in total. The summed E-state index contributed by atoms with van der Waals surface area (Å²) in [6, 6.07) is 4.82. The van der Waals surface area contributed by atoms with Crippen LogP contribution in [0, 0.1) is 20.8 Å². The smallest absolute Gasteiger partial charge is 0.262 e. The molecule has 0 fully saturated rings. The van der Waals surface area contributed by atoms with E-state index >= 15 is 0 Å². The zero-order valence-electron chi connectivity index (χ0n) is 11.9. The van der Waals surface area contributed by atoms with Crippen molar-refractivity contribution in [1.82, 2.24) is 9.78 Å². The number of hydrogen-bond donors (Lipinski definition) is 2. The van der Waals surface area contributed by atoms with E-state index in [4.69, 9.17) is 5.73 Å². The summed E-state index contributed by atoms with van der Waals surface area (Å²) in [7, 11) is -1.91. The van der Waals surface area contributed by atoms with E-state index in [0.29, 0.717) is 22.6 Å². The Labute approximate surface area is 118 Å². The first kappa shape index (κ1) is 14.4. The Hall–Kier alpha value is -2.02. The van der Waals surface area contributed by atoms with E-state index in [-0.39, 0.29) is 4.90 Å². The summed E-state index contributed by atoms with van der Waals surface area (Å²) < 4.78 is 29.2. The molecular weight excluding hydrogens is 276 g/mol. The highest BCUT2D eigenvalue weighted by atomic mass is 32.2. The molecule has 0 unspecified atom stereocenters. The van der Waals surface area contributed by atoms with Crippen LogP contribution in [0.25, 0.3) is 0 Å². The molecule has 0 spiro atoms. The van der Waals surface area contributed by atoms with Crippen LogP contribution in [0.15, 0.2) is 23.1 Å². The third-order valence-electron chi connectivity index (χ3n) is 3.25. The van der Waals surface area contributed by atoms with Crippen molar-refractivity contribution in [3.63, 3.8) is 0 Å². The molecule has 0 saturated carbocycles. The zero-order chi connectivity index (χ0) is 15.1. The van der Waals surface area contributed by atoms with Gasteiger partial charge in [-0.3, -0.25) is 9.40 Å². The number of benzene rings is 1. The van der Waals surface area contributed by atoms with Crippen LogP contribution in [0.5, 0.6) is 0 Å². The lowest BCUT2D eigenvalue weighted by atomic mass is 10.2. The van der Waals surface area contributed by atoms with Crippen LogP contribution in [0.4, 0.5) is 11.4 Å². The lowest BCUT2D eigenvalue weighted by Gasteiger charge is -2.11. The molecule has 0 aliphatic carbocycles. The van der Waals surface area contributed by atoms with Gasteiger partial charge in [-0.05, 0) is 38.5 Å². The quantitative estimate of drug-likeness (QED) is 0.844. The summed E-state index contributed by atoms with van der Waals surface area (Å²) in [5.74, 6) is 0. The summed E-state index contributed by atoms with van der Waals surface area (Å²) >= 11 is 0. The highest BCUT2D eigenvalue weighted by molar-refractivity contribution is 7.92. The standard InChI is InChI=1S/C13H18N4O2S/c1-8-5-6-11(14)7-12(8)20(18,19)16-13-9(2)15-17(4)10(13)3/h5-7,16H,14H2,1-4H3. The van der Waals surface area contributed by atoms with Crippen molar-refractivity contribution in [1.29, 1.82) is 0 Å². The molecule has 2 rings (SSSR count). The van der Waals surface area contributed by atoms with Gasteiger partial charge in [-0.15, -0.1) is 0 Å². The van der Waals surface area contributed by atoms with Gasteiger partial charge in [0.15, 0.2) is 0 Å². The third kappa shape index (κ3) is 2.49. The van der Waals surface area contributed by atoms with Crippen molar-refractivity contribution >= 4 is 21.4 Å². The Bertz CT molecular complexity index is 763. The van der Waals surface area contributed by atoms with Crippen molar-refractivity contribution in [3.05, 3.63) is 35.2 Å². The molecule has 108 valence electrons. The van der Waals surface area contributed by atoms with Gasteiger partial charge in [0.1, 0.15) is 0 Å². The van der Waals surface area contributed by atoms with E-state index in [9.17, 15) is 8.42 Å². The van der Waals surface area contributed by atoms with E-state index in [0.717, 1.165) is 5.69 Å². The van der Waals surface area contributed by atoms with Gasteiger partial charge in [-0.25, -0.2) is 8.42 Å². The summed E-state index contributed by atoms with van der Waals surface area (Å²) in [6.45, 7) is 5.30. The van der Waals surface area contributed by atoms with E-state index in [1.807, 2.05) is 6.92 Å². The fourth-order valence-corrected chi connectivity index (χ4v) is 3.47. The minimum absolute atomic E-state index is 0.181.